The second kappa shape index (κ2) is 7.36. The molecule has 3 heterocycles. The van der Waals surface area contributed by atoms with E-state index in [2.05, 4.69) is 26.3 Å². The lowest BCUT2D eigenvalue weighted by Crippen LogP contribution is -2.32. The van der Waals surface area contributed by atoms with Gasteiger partial charge in [0.25, 0.3) is 0 Å². The van der Waals surface area contributed by atoms with Gasteiger partial charge in [-0.15, -0.1) is 11.3 Å². The number of hydrogen-bond donors (Lipinski definition) is 1. The first-order valence-electron chi connectivity index (χ1n) is 9.99. The molecule has 1 N–H and O–H groups in total. The molecule has 0 spiro atoms. The first-order valence-corrected chi connectivity index (χ1v) is 10.8. The Morgan fingerprint density at radius 3 is 2.97 bits per heavy atom. The number of aromatic nitrogens is 2. The Morgan fingerprint density at radius 1 is 1.30 bits per heavy atom. The van der Waals surface area contributed by atoms with Gasteiger partial charge >= 0.3 is 0 Å². The highest BCUT2D eigenvalue weighted by Gasteiger charge is 2.30. The van der Waals surface area contributed by atoms with E-state index in [-0.39, 0.29) is 11.8 Å². The van der Waals surface area contributed by atoms with Gasteiger partial charge in [-0.2, -0.15) is 0 Å². The number of benzene rings is 1. The molecule has 0 saturated heterocycles. The summed E-state index contributed by atoms with van der Waals surface area (Å²) >= 11 is 1.67. The Labute approximate surface area is 178 Å². The topological polar surface area (TPSA) is 79.7 Å². The lowest BCUT2D eigenvalue weighted by Gasteiger charge is -2.24. The molecule has 1 aromatic carbocycles. The summed E-state index contributed by atoms with van der Waals surface area (Å²) in [6.07, 6.45) is 5.96. The number of nitrogens with one attached hydrogen (secondary N) is 1. The normalized spacial score (nSPS) is 17.0. The zero-order valence-corrected chi connectivity index (χ0v) is 18.0. The second-order valence-corrected chi connectivity index (χ2v) is 9.01. The Balaban J connectivity index is 1.53. The molecule has 0 fully saturated rings. The summed E-state index contributed by atoms with van der Waals surface area (Å²) in [6, 6.07) is 4.09. The zero-order valence-electron chi connectivity index (χ0n) is 17.2. The molecule has 2 aromatic heterocycles. The highest BCUT2D eigenvalue weighted by molar-refractivity contribution is 7.19. The molecular weight excluding hydrogens is 398 g/mol. The second-order valence-electron chi connectivity index (χ2n) is 7.92. The third-order valence-corrected chi connectivity index (χ3v) is 7.00. The van der Waals surface area contributed by atoms with Crippen molar-refractivity contribution in [1.82, 2.24) is 14.9 Å². The fraction of sp³-hybridized carbons (Fsp3) is 0.364. The first kappa shape index (κ1) is 19.0. The fourth-order valence-electron chi connectivity index (χ4n) is 4.31. The highest BCUT2D eigenvalue weighted by Crippen LogP contribution is 2.41. The summed E-state index contributed by atoms with van der Waals surface area (Å²) in [7, 11) is 5.32. The average Bonchev–Trinajstić information content (AvgIpc) is 3.35. The number of nitrogens with zero attached hydrogens (tertiary/aromatic N) is 4. The van der Waals surface area contributed by atoms with E-state index in [4.69, 9.17) is 4.74 Å². The molecule has 3 aromatic rings. The Hall–Kier alpha value is -3.00. The van der Waals surface area contributed by atoms with Crippen LogP contribution >= 0.6 is 11.3 Å². The number of aryl methyl sites for hydroxylation is 1. The zero-order chi connectivity index (χ0) is 20.8. The van der Waals surface area contributed by atoms with E-state index in [0.717, 1.165) is 57.9 Å². The molecule has 0 radical (unpaired) electrons. The predicted octanol–water partition coefficient (Wildman–Crippen LogP) is 3.57. The summed E-state index contributed by atoms with van der Waals surface area (Å²) in [4.78, 5) is 29.8. The number of carbonyl (C=O) groups is 1. The van der Waals surface area contributed by atoms with Crippen molar-refractivity contribution < 1.29 is 9.53 Å². The molecule has 154 valence electrons. The number of fused-ring (bicyclic) bond motifs is 4. The number of amides is 1. The number of anilines is 2. The van der Waals surface area contributed by atoms with Crippen LogP contribution in [0.3, 0.4) is 0 Å². The van der Waals surface area contributed by atoms with Crippen LogP contribution in [0.1, 0.15) is 28.0 Å². The Bertz CT molecular complexity index is 1180. The van der Waals surface area contributed by atoms with Crippen LogP contribution in [0.15, 0.2) is 23.5 Å². The monoisotopic (exact) mass is 421 g/mol. The van der Waals surface area contributed by atoms with Crippen LogP contribution in [0.25, 0.3) is 10.2 Å². The number of methoxy groups -OCH3 is 1. The quantitative estimate of drug-likeness (QED) is 0.697. The molecule has 1 aliphatic heterocycles. The average molecular weight is 422 g/mol. The first-order chi connectivity index (χ1) is 14.5. The molecular formula is C22H23N5O2S. The van der Waals surface area contributed by atoms with Crippen molar-refractivity contribution in [2.24, 2.45) is 10.9 Å². The fourth-order valence-corrected chi connectivity index (χ4v) is 5.58. The van der Waals surface area contributed by atoms with E-state index in [1.54, 1.807) is 29.7 Å². The van der Waals surface area contributed by atoms with Crippen LogP contribution in [-0.2, 0) is 24.2 Å². The largest absolute Gasteiger partial charge is 0.495 e. The molecule has 5 rings (SSSR count). The molecule has 7 nitrogen and oxygen atoms in total. The van der Waals surface area contributed by atoms with Crippen LogP contribution in [-0.4, -0.2) is 48.2 Å². The van der Waals surface area contributed by atoms with Crippen molar-refractivity contribution in [3.63, 3.8) is 0 Å². The van der Waals surface area contributed by atoms with Gasteiger partial charge in [-0.25, -0.2) is 9.97 Å². The highest BCUT2D eigenvalue weighted by atomic mass is 32.1. The number of hydrogen-bond acceptors (Lipinski definition) is 7. The minimum absolute atomic E-state index is 0.0426. The number of thiophene rings is 1. The molecule has 8 heteroatoms. The molecule has 1 aliphatic carbocycles. The van der Waals surface area contributed by atoms with Crippen LogP contribution in [0.4, 0.5) is 11.5 Å². The third-order valence-electron chi connectivity index (χ3n) is 5.84. The molecule has 1 unspecified atom stereocenters. The lowest BCUT2D eigenvalue weighted by molar-refractivity contribution is -0.133. The predicted molar refractivity (Wildman–Crippen MR) is 119 cm³/mol. The summed E-state index contributed by atoms with van der Waals surface area (Å²) in [5.74, 6) is 1.79. The Morgan fingerprint density at radius 2 is 2.17 bits per heavy atom. The van der Waals surface area contributed by atoms with Crippen molar-refractivity contribution >= 4 is 45.2 Å². The van der Waals surface area contributed by atoms with Gasteiger partial charge in [-0.05, 0) is 48.1 Å². The number of carbonyl (C=O) groups excluding carboxylic acids is 1. The van der Waals surface area contributed by atoms with Crippen molar-refractivity contribution in [3.8, 4) is 5.75 Å². The standard InChI is InChI=1S/C22H23N5O2S/c1-27(2)22(28)12-4-5-15-18(8-12)30-21-19(15)20(24-11-25-21)26-16-6-13-9-23-10-14(13)7-17(16)29-3/h6-7,9,11-12H,4-5,8,10H2,1-3H3,(H,24,25,26). The van der Waals surface area contributed by atoms with Gasteiger partial charge < -0.3 is 15.0 Å². The minimum Gasteiger partial charge on any atom is -0.495 e. The van der Waals surface area contributed by atoms with Crippen LogP contribution in [0.5, 0.6) is 5.75 Å². The number of rotatable bonds is 4. The molecule has 2 aliphatic rings. The SMILES string of the molecule is COc1cc2c(cc1Nc1ncnc3sc4c(c13)CCC(C(=O)N(C)C)C4)C=NC2. The van der Waals surface area contributed by atoms with Gasteiger partial charge in [-0.1, -0.05) is 0 Å². The van der Waals surface area contributed by atoms with E-state index < -0.39 is 0 Å². The van der Waals surface area contributed by atoms with E-state index in [1.165, 1.54) is 10.4 Å². The summed E-state index contributed by atoms with van der Waals surface area (Å²) in [5, 5.41) is 4.54. The number of ether oxygens (including phenoxy) is 1. The van der Waals surface area contributed by atoms with Crippen molar-refractivity contribution in [2.75, 3.05) is 26.5 Å². The van der Waals surface area contributed by atoms with Gasteiger partial charge in [0.05, 0.1) is 24.7 Å². The molecule has 0 saturated carbocycles. The molecule has 1 atom stereocenters. The smallest absolute Gasteiger partial charge is 0.225 e. The van der Waals surface area contributed by atoms with Gasteiger partial charge in [0.1, 0.15) is 22.7 Å². The maximum absolute atomic E-state index is 12.5. The minimum atomic E-state index is 0.0426. The summed E-state index contributed by atoms with van der Waals surface area (Å²) < 4.78 is 5.61. The van der Waals surface area contributed by atoms with Crippen molar-refractivity contribution in [3.05, 3.63) is 40.0 Å². The van der Waals surface area contributed by atoms with Gasteiger partial charge in [-0.3, -0.25) is 9.79 Å². The molecule has 1 amide bonds. The van der Waals surface area contributed by atoms with Gasteiger partial charge in [0, 0.05) is 31.1 Å². The van der Waals surface area contributed by atoms with Gasteiger partial charge in [0.15, 0.2) is 0 Å². The Kier molecular flexibility index (Phi) is 4.66. The molecule has 0 bridgehead atoms. The summed E-state index contributed by atoms with van der Waals surface area (Å²) in [6.45, 7) is 0.689. The summed E-state index contributed by atoms with van der Waals surface area (Å²) in [5.41, 5.74) is 4.39. The van der Waals surface area contributed by atoms with E-state index >= 15 is 0 Å². The van der Waals surface area contributed by atoms with Crippen LogP contribution < -0.4 is 10.1 Å². The van der Waals surface area contributed by atoms with E-state index in [1.807, 2.05) is 26.4 Å². The third kappa shape index (κ3) is 3.11. The van der Waals surface area contributed by atoms with Gasteiger partial charge in [0.2, 0.25) is 5.91 Å². The van der Waals surface area contributed by atoms with Crippen LogP contribution in [0, 0.1) is 5.92 Å². The lowest BCUT2D eigenvalue weighted by atomic mass is 9.87. The van der Waals surface area contributed by atoms with Crippen LogP contribution in [0.2, 0.25) is 0 Å². The van der Waals surface area contributed by atoms with E-state index in [0.29, 0.717) is 6.54 Å². The van der Waals surface area contributed by atoms with E-state index in [9.17, 15) is 4.79 Å². The number of aliphatic imine (C=N–C) groups is 1. The van der Waals surface area contributed by atoms with Crippen molar-refractivity contribution in [2.45, 2.75) is 25.8 Å². The maximum Gasteiger partial charge on any atom is 0.225 e. The maximum atomic E-state index is 12.5. The van der Waals surface area contributed by atoms with Crippen molar-refractivity contribution in [1.29, 1.82) is 0 Å². The molecule has 30 heavy (non-hydrogen) atoms.